The first-order valence-electron chi connectivity index (χ1n) is 6.36. The lowest BCUT2D eigenvalue weighted by Crippen LogP contribution is -2.38. The number of rotatable bonds is 5. The van der Waals surface area contributed by atoms with Crippen molar-refractivity contribution in [1.29, 1.82) is 0 Å². The first kappa shape index (κ1) is 13.8. The largest absolute Gasteiger partial charge is 0.481 e. The standard InChI is InChI=1S/C12H17N3O3S/c1-2-7(6-10(16)17)13-11(18)15-12-14-8-4-3-5-9(8)19-12/h7H,2-6H2,1H3,(H,16,17)(H2,13,14,15,18). The summed E-state index contributed by atoms with van der Waals surface area (Å²) in [6.45, 7) is 1.84. The number of nitrogens with zero attached hydrogens (tertiary/aromatic N) is 1. The number of fused-ring (bicyclic) bond motifs is 1. The average Bonchev–Trinajstić information content (AvgIpc) is 2.87. The predicted octanol–water partition coefficient (Wildman–Crippen LogP) is 2.01. The van der Waals surface area contributed by atoms with Crippen LogP contribution in [0, 0.1) is 0 Å². The zero-order valence-electron chi connectivity index (χ0n) is 10.7. The van der Waals surface area contributed by atoms with Crippen LogP contribution in [0.15, 0.2) is 0 Å². The Bertz CT molecular complexity index is 465. The molecule has 1 unspecified atom stereocenters. The fraction of sp³-hybridized carbons (Fsp3) is 0.583. The third-order valence-corrected chi connectivity index (χ3v) is 4.14. The summed E-state index contributed by atoms with van der Waals surface area (Å²) in [7, 11) is 0. The smallest absolute Gasteiger partial charge is 0.321 e. The van der Waals surface area contributed by atoms with Crippen LogP contribution in [0.1, 0.15) is 36.8 Å². The molecular weight excluding hydrogens is 266 g/mol. The Morgan fingerprint density at radius 1 is 1.47 bits per heavy atom. The summed E-state index contributed by atoms with van der Waals surface area (Å²) in [6, 6.07) is -0.746. The van der Waals surface area contributed by atoms with Gasteiger partial charge in [-0.05, 0) is 25.7 Å². The molecule has 1 aromatic heterocycles. The number of aliphatic carboxylic acids is 1. The zero-order chi connectivity index (χ0) is 13.8. The predicted molar refractivity (Wildman–Crippen MR) is 72.6 cm³/mol. The van der Waals surface area contributed by atoms with Crippen molar-refractivity contribution in [2.45, 2.75) is 45.1 Å². The number of aryl methyl sites for hydroxylation is 2. The summed E-state index contributed by atoms with van der Waals surface area (Å²) in [6.07, 6.45) is 3.65. The monoisotopic (exact) mass is 283 g/mol. The van der Waals surface area contributed by atoms with E-state index in [-0.39, 0.29) is 18.5 Å². The molecule has 1 aliphatic carbocycles. The number of nitrogens with one attached hydrogen (secondary N) is 2. The van der Waals surface area contributed by atoms with Crippen molar-refractivity contribution in [3.63, 3.8) is 0 Å². The van der Waals surface area contributed by atoms with Crippen molar-refractivity contribution >= 4 is 28.5 Å². The molecule has 0 bridgehead atoms. The first-order chi connectivity index (χ1) is 9.08. The van der Waals surface area contributed by atoms with Crippen molar-refractivity contribution < 1.29 is 14.7 Å². The minimum atomic E-state index is -0.916. The van der Waals surface area contributed by atoms with E-state index in [4.69, 9.17) is 5.11 Å². The summed E-state index contributed by atoms with van der Waals surface area (Å²) in [5.41, 5.74) is 1.08. The van der Waals surface area contributed by atoms with E-state index < -0.39 is 5.97 Å². The van der Waals surface area contributed by atoms with Crippen molar-refractivity contribution in [3.8, 4) is 0 Å². The Morgan fingerprint density at radius 3 is 2.89 bits per heavy atom. The van der Waals surface area contributed by atoms with Gasteiger partial charge in [0.2, 0.25) is 0 Å². The van der Waals surface area contributed by atoms with Crippen LogP contribution in [0.4, 0.5) is 9.93 Å². The topological polar surface area (TPSA) is 91.3 Å². The van der Waals surface area contributed by atoms with E-state index >= 15 is 0 Å². The number of carbonyl (C=O) groups is 2. The third-order valence-electron chi connectivity index (χ3n) is 3.07. The van der Waals surface area contributed by atoms with E-state index in [9.17, 15) is 9.59 Å². The molecule has 3 N–H and O–H groups in total. The number of carboxylic acids is 1. The molecule has 0 saturated heterocycles. The first-order valence-corrected chi connectivity index (χ1v) is 7.18. The van der Waals surface area contributed by atoms with E-state index in [1.807, 2.05) is 6.92 Å². The Kier molecular flexibility index (Phi) is 4.36. The van der Waals surface area contributed by atoms with Crippen molar-refractivity contribution in [2.75, 3.05) is 5.32 Å². The number of anilines is 1. The van der Waals surface area contributed by atoms with Crippen molar-refractivity contribution in [3.05, 3.63) is 10.6 Å². The van der Waals surface area contributed by atoms with E-state index in [0.717, 1.165) is 25.0 Å². The van der Waals surface area contributed by atoms with Gasteiger partial charge in [0.1, 0.15) is 0 Å². The summed E-state index contributed by atoms with van der Waals surface area (Å²) in [5, 5.41) is 14.6. The molecule has 2 rings (SSSR count). The Labute approximate surface area is 115 Å². The number of thiazole rings is 1. The van der Waals surface area contributed by atoms with Gasteiger partial charge in [-0.15, -0.1) is 11.3 Å². The third kappa shape index (κ3) is 3.66. The SMILES string of the molecule is CCC(CC(=O)O)NC(=O)Nc1nc2c(s1)CCC2. The molecule has 0 aliphatic heterocycles. The molecular formula is C12H17N3O3S. The molecule has 0 fully saturated rings. The Balaban J connectivity index is 1.87. The highest BCUT2D eigenvalue weighted by Crippen LogP contribution is 2.30. The lowest BCUT2D eigenvalue weighted by atomic mass is 10.1. The highest BCUT2D eigenvalue weighted by Gasteiger charge is 2.19. The maximum absolute atomic E-state index is 11.7. The van der Waals surface area contributed by atoms with Crippen LogP contribution in [-0.4, -0.2) is 28.1 Å². The molecule has 2 amide bonds. The maximum Gasteiger partial charge on any atom is 0.321 e. The number of hydrogen-bond donors (Lipinski definition) is 3. The number of carbonyl (C=O) groups excluding carboxylic acids is 1. The lowest BCUT2D eigenvalue weighted by Gasteiger charge is -2.14. The second kappa shape index (κ2) is 6.01. The van der Waals surface area contributed by atoms with Gasteiger partial charge in [-0.1, -0.05) is 6.92 Å². The lowest BCUT2D eigenvalue weighted by molar-refractivity contribution is -0.137. The quantitative estimate of drug-likeness (QED) is 0.771. The second-order valence-electron chi connectivity index (χ2n) is 4.54. The number of carboxylic acid groups (broad SMARTS) is 1. The van der Waals surface area contributed by atoms with Crippen LogP contribution in [0.25, 0.3) is 0 Å². The summed E-state index contributed by atoms with van der Waals surface area (Å²) >= 11 is 1.50. The van der Waals surface area contributed by atoms with E-state index in [0.29, 0.717) is 11.6 Å². The van der Waals surface area contributed by atoms with Gasteiger partial charge < -0.3 is 10.4 Å². The van der Waals surface area contributed by atoms with Crippen LogP contribution in [0.5, 0.6) is 0 Å². The minimum Gasteiger partial charge on any atom is -0.481 e. The molecule has 1 heterocycles. The molecule has 19 heavy (non-hydrogen) atoms. The second-order valence-corrected chi connectivity index (χ2v) is 5.63. The molecule has 1 aliphatic rings. The maximum atomic E-state index is 11.7. The zero-order valence-corrected chi connectivity index (χ0v) is 11.5. The fourth-order valence-electron chi connectivity index (χ4n) is 2.07. The Morgan fingerprint density at radius 2 is 2.26 bits per heavy atom. The molecule has 6 nitrogen and oxygen atoms in total. The summed E-state index contributed by atoms with van der Waals surface area (Å²) in [4.78, 5) is 28.0. The summed E-state index contributed by atoms with van der Waals surface area (Å²) < 4.78 is 0. The van der Waals surface area contributed by atoms with Gasteiger partial charge in [-0.2, -0.15) is 0 Å². The van der Waals surface area contributed by atoms with Crippen LogP contribution in [-0.2, 0) is 17.6 Å². The number of hydrogen-bond acceptors (Lipinski definition) is 4. The van der Waals surface area contributed by atoms with Crippen LogP contribution >= 0.6 is 11.3 Å². The highest BCUT2D eigenvalue weighted by atomic mass is 32.1. The molecule has 1 aromatic rings. The van der Waals surface area contributed by atoms with Gasteiger partial charge in [-0.25, -0.2) is 9.78 Å². The fourth-order valence-corrected chi connectivity index (χ4v) is 3.12. The number of amides is 2. The van der Waals surface area contributed by atoms with Crippen LogP contribution < -0.4 is 10.6 Å². The molecule has 7 heteroatoms. The van der Waals surface area contributed by atoms with Gasteiger partial charge in [0.05, 0.1) is 12.1 Å². The molecule has 0 aromatic carbocycles. The van der Waals surface area contributed by atoms with Gasteiger partial charge in [0, 0.05) is 10.9 Å². The van der Waals surface area contributed by atoms with Gasteiger partial charge >= 0.3 is 12.0 Å². The molecule has 0 radical (unpaired) electrons. The summed E-state index contributed by atoms with van der Waals surface area (Å²) in [5.74, 6) is -0.916. The van der Waals surface area contributed by atoms with E-state index in [1.54, 1.807) is 0 Å². The number of aromatic nitrogens is 1. The van der Waals surface area contributed by atoms with Gasteiger partial charge in [0.15, 0.2) is 5.13 Å². The van der Waals surface area contributed by atoms with Gasteiger partial charge in [-0.3, -0.25) is 10.1 Å². The highest BCUT2D eigenvalue weighted by molar-refractivity contribution is 7.15. The van der Waals surface area contributed by atoms with Crippen molar-refractivity contribution in [2.24, 2.45) is 0 Å². The molecule has 0 saturated carbocycles. The van der Waals surface area contributed by atoms with E-state index in [2.05, 4.69) is 15.6 Å². The van der Waals surface area contributed by atoms with Crippen molar-refractivity contribution in [1.82, 2.24) is 10.3 Å². The van der Waals surface area contributed by atoms with Crippen LogP contribution in [0.3, 0.4) is 0 Å². The molecule has 1 atom stereocenters. The normalized spacial score (nSPS) is 14.8. The number of urea groups is 1. The average molecular weight is 283 g/mol. The Hall–Kier alpha value is -1.63. The molecule has 0 spiro atoms. The van der Waals surface area contributed by atoms with Crippen LogP contribution in [0.2, 0.25) is 0 Å². The van der Waals surface area contributed by atoms with E-state index in [1.165, 1.54) is 16.2 Å². The minimum absolute atomic E-state index is 0.0711. The molecule has 104 valence electrons. The van der Waals surface area contributed by atoms with Gasteiger partial charge in [0.25, 0.3) is 0 Å².